The van der Waals surface area contributed by atoms with Crippen LogP contribution in [0.4, 0.5) is 5.13 Å². The molecule has 0 atom stereocenters. The predicted octanol–water partition coefficient (Wildman–Crippen LogP) is 3.82. The topological polar surface area (TPSA) is 71.1 Å². The quantitative estimate of drug-likeness (QED) is 0.734. The van der Waals surface area contributed by atoms with E-state index in [0.717, 1.165) is 5.69 Å². The Balaban J connectivity index is 1.35. The number of halogens is 1. The molecule has 2 aromatic rings. The Morgan fingerprint density at radius 2 is 2.00 bits per heavy atom. The fourth-order valence-electron chi connectivity index (χ4n) is 2.25. The highest BCUT2D eigenvalue weighted by Gasteiger charge is 2.26. The molecule has 5 nitrogen and oxygen atoms in total. The number of nitrogens with one attached hydrogen (secondary N) is 2. The Kier molecular flexibility index (Phi) is 5.48. The number of anilines is 1. The van der Waals surface area contributed by atoms with Crippen LogP contribution in [-0.4, -0.2) is 23.3 Å². The van der Waals surface area contributed by atoms with Crippen LogP contribution in [0.5, 0.6) is 0 Å². The average Bonchev–Trinajstić information content (AvgIpc) is 3.32. The van der Waals surface area contributed by atoms with Crippen LogP contribution in [0.2, 0.25) is 5.02 Å². The smallest absolute Gasteiger partial charge is 0.251 e. The van der Waals surface area contributed by atoms with Gasteiger partial charge in [0.15, 0.2) is 5.13 Å². The molecule has 1 heterocycles. The first-order valence-electron chi connectivity index (χ1n) is 7.91. The second-order valence-electron chi connectivity index (χ2n) is 5.77. The zero-order chi connectivity index (χ0) is 16.9. The number of carbonyl (C=O) groups excluding carboxylic acids is 2. The molecule has 24 heavy (non-hydrogen) atoms. The molecule has 2 amide bonds. The van der Waals surface area contributed by atoms with Crippen LogP contribution >= 0.6 is 22.9 Å². The standard InChI is InChI=1S/C17H18ClN3O2S/c18-13-7-5-12(6-8-13)16(23)19-9-1-2-15(22)21-17-20-14(10-24-17)11-3-4-11/h5-8,10-11H,1-4,9H2,(H,19,23)(H,20,21,22). The Morgan fingerprint density at radius 3 is 2.71 bits per heavy atom. The second kappa shape index (κ2) is 7.77. The number of benzene rings is 1. The van der Waals surface area contributed by atoms with Crippen molar-refractivity contribution in [2.75, 3.05) is 11.9 Å². The minimum atomic E-state index is -0.166. The van der Waals surface area contributed by atoms with E-state index in [1.165, 1.54) is 24.2 Å². The van der Waals surface area contributed by atoms with Gasteiger partial charge >= 0.3 is 0 Å². The lowest BCUT2D eigenvalue weighted by Gasteiger charge is -2.05. The summed E-state index contributed by atoms with van der Waals surface area (Å²) < 4.78 is 0. The molecule has 0 spiro atoms. The van der Waals surface area contributed by atoms with E-state index in [2.05, 4.69) is 15.6 Å². The fourth-order valence-corrected chi connectivity index (χ4v) is 3.18. The molecule has 1 fully saturated rings. The molecule has 0 unspecified atom stereocenters. The van der Waals surface area contributed by atoms with Gasteiger partial charge in [0, 0.05) is 34.8 Å². The lowest BCUT2D eigenvalue weighted by molar-refractivity contribution is -0.116. The first-order chi connectivity index (χ1) is 11.6. The molecular formula is C17H18ClN3O2S. The first-order valence-corrected chi connectivity index (χ1v) is 9.16. The molecule has 7 heteroatoms. The SMILES string of the molecule is O=C(CCCNC(=O)c1ccc(Cl)cc1)Nc1nc(C2CC2)cs1. The van der Waals surface area contributed by atoms with Gasteiger partial charge in [-0.2, -0.15) is 0 Å². The summed E-state index contributed by atoms with van der Waals surface area (Å²) in [5, 5.41) is 8.87. The zero-order valence-corrected chi connectivity index (χ0v) is 14.6. The van der Waals surface area contributed by atoms with Crippen LogP contribution in [-0.2, 0) is 4.79 Å². The summed E-state index contributed by atoms with van der Waals surface area (Å²) in [5.41, 5.74) is 1.64. The lowest BCUT2D eigenvalue weighted by atomic mass is 10.2. The molecule has 1 aromatic heterocycles. The maximum Gasteiger partial charge on any atom is 0.251 e. The van der Waals surface area contributed by atoms with E-state index < -0.39 is 0 Å². The van der Waals surface area contributed by atoms with Crippen molar-refractivity contribution in [1.82, 2.24) is 10.3 Å². The number of amides is 2. The third-order valence-corrected chi connectivity index (χ3v) is 4.76. The summed E-state index contributed by atoms with van der Waals surface area (Å²) in [5.74, 6) is 0.350. The van der Waals surface area contributed by atoms with Gasteiger partial charge in [0.05, 0.1) is 5.69 Å². The van der Waals surface area contributed by atoms with Crippen LogP contribution < -0.4 is 10.6 Å². The fraction of sp³-hybridized carbons (Fsp3) is 0.353. The van der Waals surface area contributed by atoms with E-state index in [-0.39, 0.29) is 11.8 Å². The minimum absolute atomic E-state index is 0.0764. The number of hydrogen-bond acceptors (Lipinski definition) is 4. The number of aromatic nitrogens is 1. The molecule has 3 rings (SSSR count). The van der Waals surface area contributed by atoms with E-state index in [4.69, 9.17) is 11.6 Å². The zero-order valence-electron chi connectivity index (χ0n) is 13.0. The molecule has 1 aromatic carbocycles. The van der Waals surface area contributed by atoms with Crippen molar-refractivity contribution in [3.63, 3.8) is 0 Å². The number of thiazole rings is 1. The summed E-state index contributed by atoms with van der Waals surface area (Å²) in [6.07, 6.45) is 3.32. The van der Waals surface area contributed by atoms with E-state index >= 15 is 0 Å². The highest BCUT2D eigenvalue weighted by molar-refractivity contribution is 7.13. The van der Waals surface area contributed by atoms with E-state index in [1.54, 1.807) is 24.3 Å². The Morgan fingerprint density at radius 1 is 1.25 bits per heavy atom. The van der Waals surface area contributed by atoms with Gasteiger partial charge < -0.3 is 10.6 Å². The van der Waals surface area contributed by atoms with Crippen LogP contribution in [0, 0.1) is 0 Å². The largest absolute Gasteiger partial charge is 0.352 e. The minimum Gasteiger partial charge on any atom is -0.352 e. The van der Waals surface area contributed by atoms with Crippen LogP contribution in [0.15, 0.2) is 29.6 Å². The van der Waals surface area contributed by atoms with Gasteiger partial charge in [-0.3, -0.25) is 9.59 Å². The maximum atomic E-state index is 11.9. The van der Waals surface area contributed by atoms with Crippen molar-refractivity contribution >= 4 is 39.9 Å². The summed E-state index contributed by atoms with van der Waals surface area (Å²) in [6, 6.07) is 6.69. The molecule has 0 bridgehead atoms. The molecule has 0 saturated heterocycles. The molecule has 1 saturated carbocycles. The van der Waals surface area contributed by atoms with E-state index in [0.29, 0.717) is 41.0 Å². The molecule has 1 aliphatic rings. The summed E-state index contributed by atoms with van der Waals surface area (Å²) in [6.45, 7) is 0.445. The molecule has 0 radical (unpaired) electrons. The van der Waals surface area contributed by atoms with Gasteiger partial charge in [-0.15, -0.1) is 11.3 Å². The van der Waals surface area contributed by atoms with Gasteiger partial charge in [0.25, 0.3) is 5.91 Å². The summed E-state index contributed by atoms with van der Waals surface area (Å²) in [4.78, 5) is 28.2. The lowest BCUT2D eigenvalue weighted by Crippen LogP contribution is -2.25. The molecule has 1 aliphatic carbocycles. The third-order valence-electron chi connectivity index (χ3n) is 3.74. The molecule has 0 aliphatic heterocycles. The monoisotopic (exact) mass is 363 g/mol. The highest BCUT2D eigenvalue weighted by atomic mass is 35.5. The molecular weight excluding hydrogens is 346 g/mol. The van der Waals surface area contributed by atoms with Crippen LogP contribution in [0.25, 0.3) is 0 Å². The Labute approximate surface area is 149 Å². The van der Waals surface area contributed by atoms with Crippen molar-refractivity contribution in [2.45, 2.75) is 31.6 Å². The number of rotatable bonds is 7. The summed E-state index contributed by atoms with van der Waals surface area (Å²) >= 11 is 7.25. The van der Waals surface area contributed by atoms with Crippen molar-refractivity contribution in [2.24, 2.45) is 0 Å². The number of nitrogens with zero attached hydrogens (tertiary/aromatic N) is 1. The van der Waals surface area contributed by atoms with E-state index in [9.17, 15) is 9.59 Å². The van der Waals surface area contributed by atoms with Gasteiger partial charge in [0.1, 0.15) is 0 Å². The Hall–Kier alpha value is -1.92. The van der Waals surface area contributed by atoms with E-state index in [1.807, 2.05) is 5.38 Å². The Bertz CT molecular complexity index is 726. The van der Waals surface area contributed by atoms with Gasteiger partial charge in [0.2, 0.25) is 5.91 Å². The first kappa shape index (κ1) is 16.9. The average molecular weight is 364 g/mol. The number of hydrogen-bond donors (Lipinski definition) is 2. The second-order valence-corrected chi connectivity index (χ2v) is 7.06. The highest BCUT2D eigenvalue weighted by Crippen LogP contribution is 2.40. The van der Waals surface area contributed by atoms with Gasteiger partial charge in [-0.1, -0.05) is 11.6 Å². The van der Waals surface area contributed by atoms with Crippen LogP contribution in [0.3, 0.4) is 0 Å². The van der Waals surface area contributed by atoms with Crippen molar-refractivity contribution < 1.29 is 9.59 Å². The predicted molar refractivity (Wildman–Crippen MR) is 95.7 cm³/mol. The molecule has 126 valence electrons. The molecule has 2 N–H and O–H groups in total. The van der Waals surface area contributed by atoms with Gasteiger partial charge in [-0.05, 0) is 43.5 Å². The van der Waals surface area contributed by atoms with Gasteiger partial charge in [-0.25, -0.2) is 4.98 Å². The number of carbonyl (C=O) groups is 2. The van der Waals surface area contributed by atoms with Crippen molar-refractivity contribution in [1.29, 1.82) is 0 Å². The summed E-state index contributed by atoms with van der Waals surface area (Å²) in [7, 11) is 0. The van der Waals surface area contributed by atoms with Crippen LogP contribution in [0.1, 0.15) is 47.7 Å². The maximum absolute atomic E-state index is 11.9. The van der Waals surface area contributed by atoms with Crippen molar-refractivity contribution in [3.8, 4) is 0 Å². The van der Waals surface area contributed by atoms with Crippen molar-refractivity contribution in [3.05, 3.63) is 45.9 Å². The third kappa shape index (κ3) is 4.79. The normalized spacial score (nSPS) is 13.5.